The number of carbonyl (C=O) groups is 1. The van der Waals surface area contributed by atoms with Crippen molar-refractivity contribution in [3.63, 3.8) is 0 Å². The number of nitrogens with one attached hydrogen (secondary N) is 1. The van der Waals surface area contributed by atoms with Gasteiger partial charge in [-0.1, -0.05) is 6.92 Å². The zero-order chi connectivity index (χ0) is 33.9. The van der Waals surface area contributed by atoms with E-state index in [1.54, 1.807) is 46.9 Å². The number of amides is 1. The van der Waals surface area contributed by atoms with Gasteiger partial charge in [0.2, 0.25) is 21.7 Å². The molecule has 1 fully saturated rings. The molecule has 1 atom stereocenters. The summed E-state index contributed by atoms with van der Waals surface area (Å²) in [4.78, 5) is 23.4. The van der Waals surface area contributed by atoms with Gasteiger partial charge < -0.3 is 24.4 Å². The van der Waals surface area contributed by atoms with Crippen LogP contribution in [0.1, 0.15) is 49.6 Å². The van der Waals surface area contributed by atoms with Gasteiger partial charge in [-0.2, -0.15) is 9.40 Å². The van der Waals surface area contributed by atoms with Crippen LogP contribution in [0.5, 0.6) is 17.2 Å². The van der Waals surface area contributed by atoms with Gasteiger partial charge in [-0.15, -0.1) is 0 Å². The van der Waals surface area contributed by atoms with Gasteiger partial charge in [0.1, 0.15) is 10.7 Å². The Morgan fingerprint density at radius 1 is 0.979 bits per heavy atom. The maximum absolute atomic E-state index is 13.9. The molecule has 5 rings (SSSR count). The summed E-state index contributed by atoms with van der Waals surface area (Å²) in [5, 5.41) is 8.23. The number of benzene rings is 1. The lowest BCUT2D eigenvalue weighted by Crippen LogP contribution is -2.45. The van der Waals surface area contributed by atoms with Crippen LogP contribution in [-0.2, 0) is 28.4 Å². The number of ether oxygens (including phenoxy) is 3. The Morgan fingerprint density at radius 3 is 2.38 bits per heavy atom. The van der Waals surface area contributed by atoms with E-state index in [1.807, 2.05) is 6.07 Å². The lowest BCUT2D eigenvalue weighted by atomic mass is 9.97. The fourth-order valence-electron chi connectivity index (χ4n) is 6.86. The number of aromatic nitrogens is 3. The highest BCUT2D eigenvalue weighted by molar-refractivity contribution is 7.89. The second-order valence-electron chi connectivity index (χ2n) is 12.5. The van der Waals surface area contributed by atoms with Crippen LogP contribution in [0.15, 0.2) is 17.0 Å². The molecule has 1 amide bonds. The van der Waals surface area contributed by atoms with E-state index in [0.717, 1.165) is 67.7 Å². The summed E-state index contributed by atoms with van der Waals surface area (Å²) in [6, 6.07) is 4.05. The fourth-order valence-corrected chi connectivity index (χ4v) is 8.70. The number of nitrogens with zero attached hydrogens (tertiary/aromatic N) is 6. The summed E-state index contributed by atoms with van der Waals surface area (Å²) in [6.07, 6.45) is 3.26. The average molecular weight is 672 g/mol. The summed E-state index contributed by atoms with van der Waals surface area (Å²) < 4.78 is 47.9. The highest BCUT2D eigenvalue weighted by Crippen LogP contribution is 2.44. The molecular weight excluding hydrogens is 622 g/mol. The van der Waals surface area contributed by atoms with Crippen LogP contribution in [0.25, 0.3) is 10.9 Å². The lowest BCUT2D eigenvalue weighted by Gasteiger charge is -2.36. The van der Waals surface area contributed by atoms with Crippen LogP contribution in [0.3, 0.4) is 0 Å². The van der Waals surface area contributed by atoms with E-state index in [2.05, 4.69) is 33.2 Å². The first kappa shape index (κ1) is 34.7. The fraction of sp³-hybridized carbons (Fsp3) is 0.606. The Bertz CT molecular complexity index is 1710. The van der Waals surface area contributed by atoms with Crippen LogP contribution in [0.4, 0.5) is 5.82 Å². The summed E-state index contributed by atoms with van der Waals surface area (Å²) in [7, 11) is 2.61. The number of carbonyl (C=O) groups excluding carboxylic acids is 1. The molecule has 0 spiro atoms. The highest BCUT2D eigenvalue weighted by atomic mass is 32.2. The van der Waals surface area contributed by atoms with Crippen molar-refractivity contribution in [2.75, 3.05) is 72.0 Å². The molecule has 2 bridgehead atoms. The number of piperidine rings is 1. The molecule has 1 aromatic carbocycles. The number of anilines is 1. The number of sulfonamides is 1. The zero-order valence-corrected chi connectivity index (χ0v) is 29.6. The van der Waals surface area contributed by atoms with E-state index < -0.39 is 10.0 Å². The Balaban J connectivity index is 1.51. The van der Waals surface area contributed by atoms with Crippen LogP contribution >= 0.6 is 0 Å². The van der Waals surface area contributed by atoms with Crippen molar-refractivity contribution >= 4 is 32.7 Å². The van der Waals surface area contributed by atoms with Crippen molar-refractivity contribution in [2.45, 2.75) is 57.9 Å². The minimum absolute atomic E-state index is 0.182. The Hall–Kier alpha value is -3.62. The number of rotatable bonds is 6. The molecule has 2 aliphatic rings. The van der Waals surface area contributed by atoms with Gasteiger partial charge in [-0.05, 0) is 64.6 Å². The van der Waals surface area contributed by atoms with Crippen LogP contribution in [0.2, 0.25) is 0 Å². The first-order valence-corrected chi connectivity index (χ1v) is 17.8. The summed E-state index contributed by atoms with van der Waals surface area (Å²) in [5.41, 5.74) is 2.83. The molecule has 1 saturated heterocycles. The van der Waals surface area contributed by atoms with Crippen molar-refractivity contribution in [1.82, 2.24) is 29.3 Å². The SMILES string of the molecule is CCN1CCCCN(S(=O)(=O)c2c(C)nn(C)c2C)CC(=O)NCC2CCCN(C2)c2nc3cc(OC)c(OC)c(OC)c3cc2C1. The summed E-state index contributed by atoms with van der Waals surface area (Å²) in [6.45, 7) is 9.84. The second kappa shape index (κ2) is 14.7. The van der Waals surface area contributed by atoms with Crippen molar-refractivity contribution in [3.8, 4) is 17.2 Å². The molecule has 47 heavy (non-hydrogen) atoms. The molecule has 0 saturated carbocycles. The van der Waals surface area contributed by atoms with Gasteiger partial charge in [-0.3, -0.25) is 14.4 Å². The number of methoxy groups -OCH3 is 3. The van der Waals surface area contributed by atoms with Crippen LogP contribution in [0, 0.1) is 19.8 Å². The number of aryl methyl sites for hydroxylation is 2. The third kappa shape index (κ3) is 7.14. The third-order valence-corrected chi connectivity index (χ3v) is 11.5. The molecule has 2 aliphatic heterocycles. The predicted octanol–water partition coefficient (Wildman–Crippen LogP) is 3.25. The maximum Gasteiger partial charge on any atom is 0.247 e. The monoisotopic (exact) mass is 671 g/mol. The molecule has 3 aromatic rings. The molecule has 1 unspecified atom stereocenters. The number of pyridine rings is 1. The molecule has 1 N–H and O–H groups in total. The number of fused-ring (bicyclic) bond motifs is 5. The van der Waals surface area contributed by atoms with E-state index in [1.165, 1.54) is 4.31 Å². The number of hydrogen-bond donors (Lipinski definition) is 1. The van der Waals surface area contributed by atoms with Gasteiger partial charge in [0.05, 0.1) is 44.8 Å². The van der Waals surface area contributed by atoms with Crippen molar-refractivity contribution < 1.29 is 27.4 Å². The first-order chi connectivity index (χ1) is 22.5. The minimum Gasteiger partial charge on any atom is -0.493 e. The first-order valence-electron chi connectivity index (χ1n) is 16.4. The summed E-state index contributed by atoms with van der Waals surface area (Å²) in [5.74, 6) is 2.46. The predicted molar refractivity (Wildman–Crippen MR) is 181 cm³/mol. The van der Waals surface area contributed by atoms with Gasteiger partial charge in [-0.25, -0.2) is 13.4 Å². The van der Waals surface area contributed by atoms with Gasteiger partial charge >= 0.3 is 0 Å². The molecule has 0 radical (unpaired) electrons. The van der Waals surface area contributed by atoms with E-state index >= 15 is 0 Å². The zero-order valence-electron chi connectivity index (χ0n) is 28.8. The Morgan fingerprint density at radius 2 is 1.72 bits per heavy atom. The second-order valence-corrected chi connectivity index (χ2v) is 14.4. The van der Waals surface area contributed by atoms with E-state index in [4.69, 9.17) is 19.2 Å². The topological polar surface area (TPSA) is 131 Å². The van der Waals surface area contributed by atoms with Gasteiger partial charge in [0.25, 0.3) is 0 Å². The highest BCUT2D eigenvalue weighted by Gasteiger charge is 2.33. The normalized spacial score (nSPS) is 19.3. The quantitative estimate of drug-likeness (QED) is 0.417. The molecule has 2 aromatic heterocycles. The average Bonchev–Trinajstić information content (AvgIpc) is 3.33. The van der Waals surface area contributed by atoms with E-state index in [-0.39, 0.29) is 29.8 Å². The number of hydrogen-bond acceptors (Lipinski definition) is 10. The van der Waals surface area contributed by atoms with Crippen molar-refractivity contribution in [1.29, 1.82) is 0 Å². The van der Waals surface area contributed by atoms with Gasteiger partial charge in [0.15, 0.2) is 11.5 Å². The molecule has 4 heterocycles. The smallest absolute Gasteiger partial charge is 0.247 e. The van der Waals surface area contributed by atoms with Crippen molar-refractivity contribution in [2.24, 2.45) is 13.0 Å². The Labute approximate surface area is 278 Å². The minimum atomic E-state index is -3.94. The van der Waals surface area contributed by atoms with Crippen molar-refractivity contribution in [3.05, 3.63) is 29.1 Å². The van der Waals surface area contributed by atoms with E-state index in [0.29, 0.717) is 48.1 Å². The van der Waals surface area contributed by atoms with Gasteiger partial charge in [0, 0.05) is 56.8 Å². The molecular formula is C33H49N7O6S. The molecule has 14 heteroatoms. The maximum atomic E-state index is 13.9. The molecule has 0 aliphatic carbocycles. The largest absolute Gasteiger partial charge is 0.493 e. The lowest BCUT2D eigenvalue weighted by molar-refractivity contribution is -0.121. The van der Waals surface area contributed by atoms with E-state index in [9.17, 15) is 13.2 Å². The standard InChI is InChI=1S/C33H49N7O6S/c1-8-38-13-9-10-15-40(47(42,43)32-22(2)36-37(4)23(32)3)21-29(41)34-18-24-12-11-14-39(19-24)33-25(20-38)16-26-27(35-33)17-28(44-5)31(46-7)30(26)45-6/h16-17,24H,8-15,18-21H2,1-7H3,(H,34,41). The molecule has 258 valence electrons. The van der Waals surface area contributed by atoms with Crippen LogP contribution in [-0.4, -0.2) is 105 Å². The van der Waals surface area contributed by atoms with Crippen LogP contribution < -0.4 is 24.4 Å². The Kier molecular flexibility index (Phi) is 10.8. The summed E-state index contributed by atoms with van der Waals surface area (Å²) >= 11 is 0. The third-order valence-electron chi connectivity index (χ3n) is 9.42. The molecule has 13 nitrogen and oxygen atoms in total.